The number of aromatic nitrogens is 4. The van der Waals surface area contributed by atoms with Crippen LogP contribution < -0.4 is 40.0 Å². The van der Waals surface area contributed by atoms with Crippen LogP contribution in [-0.2, 0) is 14.4 Å². The molecule has 2 aliphatic heterocycles. The van der Waals surface area contributed by atoms with Gasteiger partial charge in [0.2, 0.25) is 11.1 Å². The molecular formula is C13H12F3N6NaO4S3. The molecule has 3 heterocycles. The monoisotopic (exact) mass is 492 g/mol. The Labute approximate surface area is 202 Å². The van der Waals surface area contributed by atoms with Gasteiger partial charge in [-0.05, 0) is 34.7 Å². The molecule has 1 fully saturated rings. The average Bonchev–Trinajstić information content (AvgIpc) is 3.15. The van der Waals surface area contributed by atoms with Gasteiger partial charge in [-0.1, -0.05) is 11.8 Å². The first-order valence-electron chi connectivity index (χ1n) is 7.88. The van der Waals surface area contributed by atoms with E-state index in [1.807, 2.05) is 0 Å². The molecule has 158 valence electrons. The number of hydrogen-bond acceptors (Lipinski definition) is 10. The number of hydrogen-bond donors (Lipinski definition) is 2. The molecule has 2 unspecified atom stereocenters. The third-order valence-corrected chi connectivity index (χ3v) is 7.05. The van der Waals surface area contributed by atoms with E-state index >= 15 is 0 Å². The fraction of sp³-hybridized carbons (Fsp3) is 0.538. The second kappa shape index (κ2) is 10.1. The molecule has 30 heavy (non-hydrogen) atoms. The molecule has 0 saturated carbocycles. The summed E-state index contributed by atoms with van der Waals surface area (Å²) in [7, 11) is 0. The van der Waals surface area contributed by atoms with Crippen LogP contribution in [0.5, 0.6) is 0 Å². The first kappa shape index (κ1) is 25.3. The minimum absolute atomic E-state index is 0. The molecular weight excluding hydrogens is 480 g/mol. The molecule has 3 rings (SSSR count). The number of H-pyrrole nitrogens is 1. The van der Waals surface area contributed by atoms with Gasteiger partial charge >= 0.3 is 35.1 Å². The van der Waals surface area contributed by atoms with E-state index in [4.69, 9.17) is 0 Å². The van der Waals surface area contributed by atoms with E-state index in [1.165, 1.54) is 11.8 Å². The van der Waals surface area contributed by atoms with Gasteiger partial charge in [0.1, 0.15) is 11.4 Å². The quantitative estimate of drug-likeness (QED) is 0.222. The van der Waals surface area contributed by atoms with Crippen molar-refractivity contribution in [2.24, 2.45) is 0 Å². The van der Waals surface area contributed by atoms with Gasteiger partial charge in [0.05, 0.1) is 17.4 Å². The molecule has 10 nitrogen and oxygen atoms in total. The summed E-state index contributed by atoms with van der Waals surface area (Å²) in [5.74, 6) is -3.91. The van der Waals surface area contributed by atoms with Crippen LogP contribution >= 0.6 is 35.3 Å². The Morgan fingerprint density at radius 1 is 1.47 bits per heavy atom. The number of carbonyl (C=O) groups is 3. The van der Waals surface area contributed by atoms with Gasteiger partial charge in [-0.3, -0.25) is 14.5 Å². The van der Waals surface area contributed by atoms with Crippen molar-refractivity contribution < 1.29 is 62.2 Å². The van der Waals surface area contributed by atoms with E-state index in [-0.39, 0.29) is 41.0 Å². The van der Waals surface area contributed by atoms with E-state index in [1.54, 1.807) is 6.92 Å². The largest absolute Gasteiger partial charge is 1.00 e. The fourth-order valence-corrected chi connectivity index (χ4v) is 5.55. The minimum Gasteiger partial charge on any atom is -0.543 e. The number of aromatic amines is 1. The topological polar surface area (TPSA) is 144 Å². The zero-order valence-corrected chi connectivity index (χ0v) is 19.9. The molecule has 17 heteroatoms. The second-order valence-corrected chi connectivity index (χ2v) is 9.29. The maximum atomic E-state index is 12.4. The normalized spacial score (nSPS) is 22.0. The third kappa shape index (κ3) is 5.64. The summed E-state index contributed by atoms with van der Waals surface area (Å²) in [4.78, 5) is 36.8. The van der Waals surface area contributed by atoms with Crippen LogP contribution in [-0.4, -0.2) is 77.0 Å². The Balaban J connectivity index is 0.00000320. The number of nitrogens with zero attached hydrogens (tertiary/aromatic N) is 4. The number of β-lactam (4-membered cyclic amide) rings is 1. The number of alkyl halides is 3. The molecule has 0 aromatic carbocycles. The van der Waals surface area contributed by atoms with Crippen LogP contribution in [0.3, 0.4) is 0 Å². The number of aliphatic carboxylic acids is 1. The van der Waals surface area contributed by atoms with Gasteiger partial charge in [-0.25, -0.2) is 5.10 Å². The minimum atomic E-state index is -4.57. The van der Waals surface area contributed by atoms with E-state index in [0.717, 1.165) is 16.7 Å². The molecule has 1 saturated heterocycles. The third-order valence-electron chi connectivity index (χ3n) is 3.98. The predicted octanol–water partition coefficient (Wildman–Crippen LogP) is -3.66. The van der Waals surface area contributed by atoms with Crippen LogP contribution in [0.1, 0.15) is 6.92 Å². The number of carboxylic acid groups (broad SMARTS) is 1. The van der Waals surface area contributed by atoms with E-state index < -0.39 is 57.5 Å². The SMILES string of the molecule is CC(Sc1nnn[nH]1)C1=C(C(=O)[O-])N2C(=O)C(NC(=O)CSC(F)(F)F)[C@@H]2SC1.[Na+]. The number of carboxylic acids is 1. The molecule has 2 amide bonds. The molecule has 0 spiro atoms. The summed E-state index contributed by atoms with van der Waals surface area (Å²) >= 11 is 1.83. The Hall–Kier alpha value is -0.940. The number of fused-ring (bicyclic) bond motifs is 1. The molecule has 1 aromatic heterocycles. The summed E-state index contributed by atoms with van der Waals surface area (Å²) < 4.78 is 36.6. The van der Waals surface area contributed by atoms with Gasteiger partial charge in [0.25, 0.3) is 5.91 Å². The predicted molar refractivity (Wildman–Crippen MR) is 95.1 cm³/mol. The molecule has 0 bridgehead atoms. The van der Waals surface area contributed by atoms with Crippen molar-refractivity contribution >= 4 is 53.1 Å². The smallest absolute Gasteiger partial charge is 0.543 e. The van der Waals surface area contributed by atoms with Crippen molar-refractivity contribution in [3.8, 4) is 0 Å². The number of tetrazole rings is 1. The van der Waals surface area contributed by atoms with E-state index in [9.17, 15) is 32.7 Å². The Bertz CT molecular complexity index is 856. The van der Waals surface area contributed by atoms with Gasteiger partial charge in [-0.2, -0.15) is 13.2 Å². The summed E-state index contributed by atoms with van der Waals surface area (Å²) in [6.07, 6.45) is 0. The molecule has 0 aliphatic carbocycles. The maximum absolute atomic E-state index is 12.4. The van der Waals surface area contributed by atoms with Gasteiger partial charge < -0.3 is 15.2 Å². The molecule has 0 radical (unpaired) electrons. The number of carbonyl (C=O) groups excluding carboxylic acids is 3. The Morgan fingerprint density at radius 2 is 2.17 bits per heavy atom. The summed E-state index contributed by atoms with van der Waals surface area (Å²) in [6, 6.07) is -1.10. The van der Waals surface area contributed by atoms with Crippen molar-refractivity contribution in [1.82, 2.24) is 30.8 Å². The first-order valence-corrected chi connectivity index (χ1v) is 10.8. The van der Waals surface area contributed by atoms with Crippen molar-refractivity contribution in [1.29, 1.82) is 0 Å². The summed E-state index contributed by atoms with van der Waals surface area (Å²) in [6.45, 7) is 1.71. The van der Waals surface area contributed by atoms with E-state index in [0.29, 0.717) is 10.7 Å². The number of halogens is 3. The van der Waals surface area contributed by atoms with Crippen LogP contribution in [0, 0.1) is 0 Å². The number of amides is 2. The van der Waals surface area contributed by atoms with Gasteiger partial charge in [-0.15, -0.1) is 16.9 Å². The molecule has 2 N–H and O–H groups in total. The van der Waals surface area contributed by atoms with Crippen LogP contribution in [0.25, 0.3) is 0 Å². The number of nitrogens with one attached hydrogen (secondary N) is 2. The first-order chi connectivity index (χ1) is 13.6. The Kier molecular flexibility index (Phi) is 8.54. The van der Waals surface area contributed by atoms with Crippen LogP contribution in [0.4, 0.5) is 13.2 Å². The summed E-state index contributed by atoms with van der Waals surface area (Å²) in [5.41, 5.74) is -4.46. The average molecular weight is 492 g/mol. The number of thioether (sulfide) groups is 3. The van der Waals surface area contributed by atoms with Crippen molar-refractivity contribution in [2.75, 3.05) is 11.5 Å². The zero-order valence-electron chi connectivity index (χ0n) is 15.4. The molecule has 1 aromatic rings. The molecule has 2 aliphatic rings. The zero-order chi connectivity index (χ0) is 21.3. The van der Waals surface area contributed by atoms with Crippen LogP contribution in [0.2, 0.25) is 0 Å². The standard InChI is InChI=1S/C13H13F3N6O4S3.Na/c1-4(29-12-18-20-21-19-12)5-2-27-10-7(9(24)22(10)8(5)11(25)26)17-6(23)3-28-13(14,15)16;/h4,7,10H,2-3H2,1H3,(H,17,23)(H,25,26)(H,18,19,20,21);/q;+1/p-1/t4?,7?,10-;/m0./s1. The van der Waals surface area contributed by atoms with Gasteiger partial charge in [0, 0.05) is 11.0 Å². The van der Waals surface area contributed by atoms with Gasteiger partial charge in [0.15, 0.2) is 0 Å². The summed E-state index contributed by atoms with van der Waals surface area (Å²) in [5, 5.41) is 26.2. The Morgan fingerprint density at radius 3 is 2.73 bits per heavy atom. The fourth-order valence-electron chi connectivity index (χ4n) is 2.74. The van der Waals surface area contributed by atoms with Crippen LogP contribution in [0.15, 0.2) is 16.4 Å². The number of rotatable bonds is 7. The van der Waals surface area contributed by atoms with E-state index in [2.05, 4.69) is 25.9 Å². The van der Waals surface area contributed by atoms with Crippen molar-refractivity contribution in [2.45, 2.75) is 34.3 Å². The maximum Gasteiger partial charge on any atom is 1.00 e. The molecule has 3 atom stereocenters. The van der Waals surface area contributed by atoms with Crippen molar-refractivity contribution in [3.63, 3.8) is 0 Å². The van der Waals surface area contributed by atoms with Crippen molar-refractivity contribution in [3.05, 3.63) is 11.3 Å². The second-order valence-electron chi connectivity index (χ2n) is 5.82.